The lowest BCUT2D eigenvalue weighted by Crippen LogP contribution is -1.93. The van der Waals surface area contributed by atoms with Crippen LogP contribution in [0.5, 0.6) is 11.5 Å². The number of hydrogen-bond donors (Lipinski definition) is 0. The van der Waals surface area contributed by atoms with E-state index in [9.17, 15) is 0 Å². The summed E-state index contributed by atoms with van der Waals surface area (Å²) in [6, 6.07) is 3.70. The first-order valence-corrected chi connectivity index (χ1v) is 5.39. The predicted molar refractivity (Wildman–Crippen MR) is 61.9 cm³/mol. The van der Waals surface area contributed by atoms with Gasteiger partial charge in [-0.1, -0.05) is 23.8 Å². The van der Waals surface area contributed by atoms with Gasteiger partial charge in [0.25, 0.3) is 0 Å². The average Bonchev–Trinajstić information content (AvgIpc) is 2.63. The summed E-state index contributed by atoms with van der Waals surface area (Å²) in [6.45, 7) is 2.13. The smallest absolute Gasteiger partial charge is 0.231 e. The van der Waals surface area contributed by atoms with Gasteiger partial charge in [0.2, 0.25) is 6.79 Å². The maximum atomic E-state index is 6.02. The molecule has 2 nitrogen and oxygen atoms in total. The lowest BCUT2D eigenvalue weighted by atomic mass is 10.2. The van der Waals surface area contributed by atoms with Crippen LogP contribution in [0.15, 0.2) is 18.2 Å². The lowest BCUT2D eigenvalue weighted by molar-refractivity contribution is 0.174. The van der Waals surface area contributed by atoms with Crippen LogP contribution in [-0.2, 0) is 0 Å². The Bertz CT molecular complexity index is 400. The molecule has 0 spiro atoms. The van der Waals surface area contributed by atoms with E-state index in [0.29, 0.717) is 16.5 Å². The second-order valence-corrected chi connectivity index (χ2v) is 4.37. The molecule has 1 aromatic carbocycles. The fourth-order valence-corrected chi connectivity index (χ4v) is 1.67. The quantitative estimate of drug-likeness (QED) is 0.739. The standard InChI is InChI=1S/C11H10Cl2O2/c1-7(12)2-3-8-4-9(13)11-10(5-8)14-6-15-11/h2-5,7H,6H2,1H3/b3-2+. The Hall–Kier alpha value is -0.860. The molecular formula is C11H10Cl2O2. The highest BCUT2D eigenvalue weighted by Crippen LogP contribution is 2.40. The van der Waals surface area contributed by atoms with E-state index in [1.165, 1.54) is 0 Å². The van der Waals surface area contributed by atoms with E-state index in [4.69, 9.17) is 32.7 Å². The van der Waals surface area contributed by atoms with E-state index in [0.717, 1.165) is 5.56 Å². The van der Waals surface area contributed by atoms with Crippen molar-refractivity contribution >= 4 is 29.3 Å². The van der Waals surface area contributed by atoms with Crippen molar-refractivity contribution < 1.29 is 9.47 Å². The van der Waals surface area contributed by atoms with Gasteiger partial charge in [-0.3, -0.25) is 0 Å². The number of halogens is 2. The fraction of sp³-hybridized carbons (Fsp3) is 0.273. The monoisotopic (exact) mass is 244 g/mol. The molecule has 0 aliphatic carbocycles. The number of fused-ring (bicyclic) bond motifs is 1. The van der Waals surface area contributed by atoms with Crippen LogP contribution in [0.3, 0.4) is 0 Å². The Kier molecular flexibility index (Phi) is 3.08. The molecular weight excluding hydrogens is 235 g/mol. The van der Waals surface area contributed by atoms with Gasteiger partial charge in [-0.25, -0.2) is 0 Å². The highest BCUT2D eigenvalue weighted by Gasteiger charge is 2.17. The molecule has 80 valence electrons. The zero-order valence-corrected chi connectivity index (χ0v) is 9.68. The summed E-state index contributed by atoms with van der Waals surface area (Å²) < 4.78 is 10.5. The summed E-state index contributed by atoms with van der Waals surface area (Å²) >= 11 is 11.8. The number of ether oxygens (including phenoxy) is 2. The van der Waals surface area contributed by atoms with E-state index >= 15 is 0 Å². The number of alkyl halides is 1. The number of benzene rings is 1. The van der Waals surface area contributed by atoms with Crippen molar-refractivity contribution in [2.45, 2.75) is 12.3 Å². The first kappa shape index (κ1) is 10.7. The third kappa shape index (κ3) is 2.39. The molecule has 0 bridgehead atoms. The Morgan fingerprint density at radius 2 is 2.20 bits per heavy atom. The van der Waals surface area contributed by atoms with Gasteiger partial charge in [0, 0.05) is 5.38 Å². The summed E-state index contributed by atoms with van der Waals surface area (Å²) in [5.41, 5.74) is 0.955. The van der Waals surface area contributed by atoms with Crippen molar-refractivity contribution in [2.24, 2.45) is 0 Å². The van der Waals surface area contributed by atoms with E-state index < -0.39 is 0 Å². The van der Waals surface area contributed by atoms with Crippen molar-refractivity contribution in [1.29, 1.82) is 0 Å². The summed E-state index contributed by atoms with van der Waals surface area (Å²) in [5, 5.41) is 0.557. The van der Waals surface area contributed by atoms with Gasteiger partial charge in [0.05, 0.1) is 5.02 Å². The van der Waals surface area contributed by atoms with Crippen molar-refractivity contribution in [1.82, 2.24) is 0 Å². The molecule has 2 rings (SSSR count). The van der Waals surface area contributed by atoms with E-state index in [-0.39, 0.29) is 12.2 Å². The molecule has 1 aliphatic rings. The summed E-state index contributed by atoms with van der Waals surface area (Å²) in [6.07, 6.45) is 3.79. The maximum Gasteiger partial charge on any atom is 0.231 e. The molecule has 15 heavy (non-hydrogen) atoms. The molecule has 0 radical (unpaired) electrons. The number of rotatable bonds is 2. The second-order valence-electron chi connectivity index (χ2n) is 3.27. The van der Waals surface area contributed by atoms with Gasteiger partial charge in [-0.2, -0.15) is 0 Å². The van der Waals surface area contributed by atoms with Crippen LogP contribution < -0.4 is 9.47 Å². The lowest BCUT2D eigenvalue weighted by Gasteiger charge is -2.01. The molecule has 0 saturated carbocycles. The molecule has 0 fully saturated rings. The van der Waals surface area contributed by atoms with Crippen molar-refractivity contribution in [2.75, 3.05) is 6.79 Å². The normalized spacial score (nSPS) is 15.9. The molecule has 1 heterocycles. The van der Waals surface area contributed by atoms with E-state index in [1.54, 1.807) is 0 Å². The molecule has 1 unspecified atom stereocenters. The molecule has 1 aromatic rings. The zero-order valence-electron chi connectivity index (χ0n) is 8.17. The first-order chi connectivity index (χ1) is 7.16. The van der Waals surface area contributed by atoms with E-state index in [2.05, 4.69) is 0 Å². The molecule has 0 aromatic heterocycles. The second kappa shape index (κ2) is 4.33. The Balaban J connectivity index is 2.31. The van der Waals surface area contributed by atoms with Gasteiger partial charge in [0.1, 0.15) is 0 Å². The van der Waals surface area contributed by atoms with Crippen LogP contribution in [0.4, 0.5) is 0 Å². The van der Waals surface area contributed by atoms with Gasteiger partial charge in [0.15, 0.2) is 11.5 Å². The van der Waals surface area contributed by atoms with Crippen LogP contribution >= 0.6 is 23.2 Å². The van der Waals surface area contributed by atoms with Crippen molar-refractivity contribution in [3.8, 4) is 11.5 Å². The van der Waals surface area contributed by atoms with Gasteiger partial charge in [-0.15, -0.1) is 11.6 Å². The minimum absolute atomic E-state index is 0.00537. The zero-order chi connectivity index (χ0) is 10.8. The van der Waals surface area contributed by atoms with Crippen molar-refractivity contribution in [3.63, 3.8) is 0 Å². The minimum Gasteiger partial charge on any atom is -0.454 e. The van der Waals surface area contributed by atoms with Crippen molar-refractivity contribution in [3.05, 3.63) is 28.8 Å². The van der Waals surface area contributed by atoms with Crippen LogP contribution in [0, 0.1) is 0 Å². The SMILES string of the molecule is CC(Cl)/C=C/c1cc(Cl)c2c(c1)OCO2. The third-order valence-corrected chi connectivity index (χ3v) is 2.43. The van der Waals surface area contributed by atoms with E-state index in [1.807, 2.05) is 31.2 Å². The number of hydrogen-bond acceptors (Lipinski definition) is 2. The Morgan fingerprint density at radius 3 is 2.93 bits per heavy atom. The summed E-state index contributed by atoms with van der Waals surface area (Å²) in [4.78, 5) is 0. The Labute approximate surface area is 98.4 Å². The molecule has 1 aliphatic heterocycles. The first-order valence-electron chi connectivity index (χ1n) is 4.58. The molecule has 0 N–H and O–H groups in total. The highest BCUT2D eigenvalue weighted by molar-refractivity contribution is 6.32. The van der Waals surface area contributed by atoms with Crippen LogP contribution in [0.1, 0.15) is 12.5 Å². The van der Waals surface area contributed by atoms with Gasteiger partial charge >= 0.3 is 0 Å². The fourth-order valence-electron chi connectivity index (χ4n) is 1.33. The highest BCUT2D eigenvalue weighted by atomic mass is 35.5. The molecule has 1 atom stereocenters. The predicted octanol–water partition coefficient (Wildman–Crippen LogP) is 3.71. The van der Waals surface area contributed by atoms with Gasteiger partial charge in [-0.05, 0) is 24.6 Å². The minimum atomic E-state index is -0.00537. The largest absolute Gasteiger partial charge is 0.454 e. The molecule has 0 amide bonds. The average molecular weight is 245 g/mol. The molecule has 0 saturated heterocycles. The third-order valence-electron chi connectivity index (χ3n) is 2.00. The van der Waals surface area contributed by atoms with Crippen LogP contribution in [-0.4, -0.2) is 12.2 Å². The number of allylic oxidation sites excluding steroid dienone is 1. The molecule has 4 heteroatoms. The summed E-state index contributed by atoms with van der Waals surface area (Å²) in [7, 11) is 0. The van der Waals surface area contributed by atoms with Crippen LogP contribution in [0.25, 0.3) is 6.08 Å². The maximum absolute atomic E-state index is 6.02. The van der Waals surface area contributed by atoms with Gasteiger partial charge < -0.3 is 9.47 Å². The van der Waals surface area contributed by atoms with Crippen LogP contribution in [0.2, 0.25) is 5.02 Å². The Morgan fingerprint density at radius 1 is 1.40 bits per heavy atom. The topological polar surface area (TPSA) is 18.5 Å². The summed E-state index contributed by atoms with van der Waals surface area (Å²) in [5.74, 6) is 1.30.